The van der Waals surface area contributed by atoms with Crippen LogP contribution in [0, 0.1) is 17.6 Å². The minimum absolute atomic E-state index is 0.0992. The summed E-state index contributed by atoms with van der Waals surface area (Å²) in [4.78, 5) is 47.8. The summed E-state index contributed by atoms with van der Waals surface area (Å²) in [6.07, 6.45) is 3.86. The number of hydrogen-bond donors (Lipinski definition) is 2. The van der Waals surface area contributed by atoms with Crippen molar-refractivity contribution in [3.8, 4) is 5.75 Å². The van der Waals surface area contributed by atoms with Crippen LogP contribution in [0.1, 0.15) is 52.5 Å². The van der Waals surface area contributed by atoms with E-state index in [1.807, 2.05) is 29.3 Å². The topological polar surface area (TPSA) is 122 Å². The van der Waals surface area contributed by atoms with Crippen LogP contribution in [-0.4, -0.2) is 44.3 Å². The van der Waals surface area contributed by atoms with Crippen molar-refractivity contribution in [1.82, 2.24) is 9.58 Å². The van der Waals surface area contributed by atoms with E-state index in [0.717, 1.165) is 35.8 Å². The molecule has 2 N–H and O–H groups in total. The molecule has 0 unspecified atom stereocenters. The number of hydrogen-bond acceptors (Lipinski definition) is 7. The fourth-order valence-corrected chi connectivity index (χ4v) is 7.74. The number of aromatic nitrogens is 1. The van der Waals surface area contributed by atoms with Gasteiger partial charge < -0.3 is 19.4 Å². The fourth-order valence-electron chi connectivity index (χ4n) is 6.44. The number of phosphoric acid groups is 1. The molecule has 5 aliphatic rings. The van der Waals surface area contributed by atoms with E-state index >= 15 is 4.39 Å². The van der Waals surface area contributed by atoms with Crippen molar-refractivity contribution < 1.29 is 37.2 Å². The Morgan fingerprint density at radius 2 is 1.80 bits per heavy atom. The van der Waals surface area contributed by atoms with Gasteiger partial charge in [-0.3, -0.25) is 19.3 Å². The molecule has 1 aromatic heterocycles. The summed E-state index contributed by atoms with van der Waals surface area (Å²) < 4.78 is 52.2. The summed E-state index contributed by atoms with van der Waals surface area (Å²) in [6.45, 7) is -0.866. The summed E-state index contributed by atoms with van der Waals surface area (Å²) in [6, 6.07) is 10.7. The first-order valence-corrected chi connectivity index (χ1v) is 15.4. The molecule has 8 rings (SSSR count). The summed E-state index contributed by atoms with van der Waals surface area (Å²) >= 11 is 1.39. The highest BCUT2D eigenvalue weighted by molar-refractivity contribution is 7.98. The third-order valence-corrected chi connectivity index (χ3v) is 10.0. The molecule has 214 valence electrons. The maximum absolute atomic E-state index is 15.3. The first-order valence-electron chi connectivity index (χ1n) is 12.9. The summed E-state index contributed by atoms with van der Waals surface area (Å²) in [5.74, 6) is -2.06. The predicted octanol–water partition coefficient (Wildman–Crippen LogP) is 3.87. The van der Waals surface area contributed by atoms with Gasteiger partial charge in [-0.25, -0.2) is 17.9 Å². The van der Waals surface area contributed by atoms with Gasteiger partial charge in [0.2, 0.25) is 18.0 Å². The van der Waals surface area contributed by atoms with Gasteiger partial charge in [0.25, 0.3) is 5.91 Å². The van der Waals surface area contributed by atoms with Crippen LogP contribution < -0.4 is 15.2 Å². The highest BCUT2D eigenvalue weighted by Crippen LogP contribution is 2.61. The average Bonchev–Trinajstić information content (AvgIpc) is 3.04. The quantitative estimate of drug-likeness (QED) is 0.320. The Bertz CT molecular complexity index is 1700. The number of halogens is 2. The van der Waals surface area contributed by atoms with Gasteiger partial charge in [0.15, 0.2) is 17.3 Å². The van der Waals surface area contributed by atoms with Crippen molar-refractivity contribution in [2.45, 2.75) is 41.5 Å². The van der Waals surface area contributed by atoms with E-state index in [1.54, 1.807) is 11.0 Å². The molecule has 0 saturated heterocycles. The predicted molar refractivity (Wildman–Crippen MR) is 143 cm³/mol. The second-order valence-corrected chi connectivity index (χ2v) is 13.0. The van der Waals surface area contributed by atoms with Gasteiger partial charge in [-0.1, -0.05) is 24.3 Å². The van der Waals surface area contributed by atoms with Crippen LogP contribution in [0.2, 0.25) is 0 Å². The van der Waals surface area contributed by atoms with Gasteiger partial charge in [0.05, 0.1) is 6.04 Å². The van der Waals surface area contributed by atoms with E-state index in [0.29, 0.717) is 11.5 Å². The van der Waals surface area contributed by atoms with Crippen LogP contribution in [0.15, 0.2) is 58.4 Å². The third kappa shape index (κ3) is 4.21. The number of fused-ring (bicyclic) bond motifs is 3. The number of rotatable bonds is 6. The molecule has 1 atom stereocenters. The van der Waals surface area contributed by atoms with E-state index in [4.69, 9.17) is 14.5 Å². The minimum Gasteiger partial charge on any atom is -0.460 e. The number of nitrogens with zero attached hydrogens (tertiary/aromatic N) is 3. The highest BCUT2D eigenvalue weighted by Gasteiger charge is 2.63. The van der Waals surface area contributed by atoms with Crippen molar-refractivity contribution >= 4 is 25.5 Å². The lowest BCUT2D eigenvalue weighted by Gasteiger charge is -2.67. The van der Waals surface area contributed by atoms with Gasteiger partial charge in [-0.2, -0.15) is 0 Å². The Labute approximate surface area is 236 Å². The Hall–Kier alpha value is -3.22. The highest BCUT2D eigenvalue weighted by atomic mass is 32.2. The lowest BCUT2D eigenvalue weighted by molar-refractivity contribution is -0.128. The zero-order valence-corrected chi connectivity index (χ0v) is 23.1. The lowest BCUT2D eigenvalue weighted by atomic mass is 9.49. The summed E-state index contributed by atoms with van der Waals surface area (Å²) in [5, 5.41) is 1.83. The smallest absolute Gasteiger partial charge is 0.460 e. The Balaban J connectivity index is 1.43. The molecule has 10 nitrogen and oxygen atoms in total. The van der Waals surface area contributed by atoms with Crippen molar-refractivity contribution in [3.63, 3.8) is 0 Å². The number of benzene rings is 2. The fraction of sp³-hybridized carbons (Fsp3) is 0.333. The monoisotopic (exact) mass is 603 g/mol. The molecule has 3 aliphatic carbocycles. The first kappa shape index (κ1) is 26.7. The first-order chi connectivity index (χ1) is 19.6. The average molecular weight is 604 g/mol. The molecule has 41 heavy (non-hydrogen) atoms. The molecule has 2 bridgehead atoms. The van der Waals surface area contributed by atoms with Crippen molar-refractivity contribution in [3.05, 3.63) is 92.9 Å². The van der Waals surface area contributed by atoms with Crippen LogP contribution in [-0.2, 0) is 14.8 Å². The molecule has 3 fully saturated rings. The third-order valence-electron chi connectivity index (χ3n) is 8.46. The Kier molecular flexibility index (Phi) is 6.11. The number of amides is 1. The number of carbonyl (C=O) groups is 1. The maximum atomic E-state index is 15.3. The summed E-state index contributed by atoms with van der Waals surface area (Å²) in [5.41, 5.74) is 0.327. The molecule has 1 amide bonds. The van der Waals surface area contributed by atoms with Gasteiger partial charge in [-0.05, 0) is 48.4 Å². The van der Waals surface area contributed by atoms with E-state index < -0.39 is 54.9 Å². The number of carbonyl (C=O) groups excluding carboxylic acids is 1. The van der Waals surface area contributed by atoms with Crippen LogP contribution in [0.25, 0.3) is 0 Å². The van der Waals surface area contributed by atoms with Gasteiger partial charge >= 0.3 is 7.82 Å². The van der Waals surface area contributed by atoms with E-state index in [-0.39, 0.29) is 23.7 Å². The zero-order valence-electron chi connectivity index (χ0n) is 21.4. The molecule has 14 heteroatoms. The van der Waals surface area contributed by atoms with E-state index in [1.165, 1.54) is 28.7 Å². The second kappa shape index (κ2) is 9.40. The van der Waals surface area contributed by atoms with Crippen LogP contribution in [0.5, 0.6) is 5.75 Å². The Morgan fingerprint density at radius 1 is 1.05 bits per heavy atom. The van der Waals surface area contributed by atoms with Crippen molar-refractivity contribution in [1.29, 1.82) is 0 Å². The summed E-state index contributed by atoms with van der Waals surface area (Å²) in [7, 11) is -4.92. The van der Waals surface area contributed by atoms with Gasteiger partial charge in [0, 0.05) is 34.0 Å². The molecular formula is C27H24F2N3O7PS. The Morgan fingerprint density at radius 3 is 2.51 bits per heavy atom. The molecule has 3 heterocycles. The standard InChI is InChI=1S/C27H24F2N3O7PS/c28-19-6-5-16-18(22(19)29)12-41-21-4-2-1-3-17(21)23(16)32-13-30(27-9-15(10-27)11-27)26(34)24-25(20(33)7-8-31(24)32)38-14-39-40(35,36)37/h1-8,15,23H,9-14H2,(H2,35,36,37)/t15?,23-,27?/m0/s1. The van der Waals surface area contributed by atoms with Crippen molar-refractivity contribution in [2.75, 3.05) is 18.5 Å². The van der Waals surface area contributed by atoms with Crippen LogP contribution >= 0.6 is 19.6 Å². The second-order valence-electron chi connectivity index (χ2n) is 10.8. The van der Waals surface area contributed by atoms with Crippen molar-refractivity contribution in [2.24, 2.45) is 5.92 Å². The molecule has 2 aromatic carbocycles. The van der Waals surface area contributed by atoms with Crippen LogP contribution in [0.3, 0.4) is 0 Å². The largest absolute Gasteiger partial charge is 0.472 e. The molecule has 3 saturated carbocycles. The normalized spacial score (nSPS) is 24.4. The van der Waals surface area contributed by atoms with Gasteiger partial charge in [0.1, 0.15) is 6.67 Å². The zero-order chi connectivity index (χ0) is 28.7. The lowest BCUT2D eigenvalue weighted by Crippen LogP contribution is -2.73. The van der Waals surface area contributed by atoms with E-state index in [2.05, 4.69) is 4.52 Å². The molecule has 3 aromatic rings. The SMILES string of the molecule is O=C1c2c(OCOP(=O)(O)O)c(=O)ccn2N([C@@H]2c3ccccc3SCc3c2ccc(F)c3F)CN1C12CC(C1)C2. The molecule has 0 radical (unpaired) electrons. The van der Waals surface area contributed by atoms with E-state index in [9.17, 15) is 18.5 Å². The van der Waals surface area contributed by atoms with Gasteiger partial charge in [-0.15, -0.1) is 11.8 Å². The number of ether oxygens (including phenoxy) is 1. The number of pyridine rings is 1. The number of thioether (sulfide) groups is 1. The maximum Gasteiger partial charge on any atom is 0.472 e. The number of phosphoric ester groups is 1. The van der Waals surface area contributed by atoms with Crippen LogP contribution in [0.4, 0.5) is 8.78 Å². The molecular weight excluding hydrogens is 579 g/mol. The molecule has 0 spiro atoms. The molecule has 2 aliphatic heterocycles. The minimum atomic E-state index is -4.92.